The largest absolute Gasteiger partial charge is 0.323 e. The van der Waals surface area contributed by atoms with E-state index < -0.39 is 0 Å². The van der Waals surface area contributed by atoms with E-state index in [4.69, 9.17) is 5.26 Å². The van der Waals surface area contributed by atoms with E-state index in [-0.39, 0.29) is 12.5 Å². The van der Waals surface area contributed by atoms with E-state index in [0.717, 1.165) is 5.56 Å². The summed E-state index contributed by atoms with van der Waals surface area (Å²) in [5.41, 5.74) is 1.87. The Labute approximate surface area is 105 Å². The Morgan fingerprint density at radius 2 is 2.33 bits per heavy atom. The lowest BCUT2D eigenvalue weighted by Gasteiger charge is -2.08. The minimum Gasteiger partial charge on any atom is -0.323 e. The summed E-state index contributed by atoms with van der Waals surface area (Å²) >= 11 is 0. The van der Waals surface area contributed by atoms with Crippen LogP contribution in [0.2, 0.25) is 0 Å². The molecule has 0 aliphatic carbocycles. The zero-order valence-electron chi connectivity index (χ0n) is 9.92. The summed E-state index contributed by atoms with van der Waals surface area (Å²) in [6.45, 7) is 1.97. The Morgan fingerprint density at radius 1 is 1.50 bits per heavy atom. The van der Waals surface area contributed by atoms with E-state index in [1.54, 1.807) is 30.6 Å². The number of carbonyl (C=O) groups is 1. The molecule has 2 aromatic rings. The molecule has 5 heteroatoms. The number of nitriles is 1. The van der Waals surface area contributed by atoms with Gasteiger partial charge >= 0.3 is 0 Å². The van der Waals surface area contributed by atoms with Gasteiger partial charge in [-0.15, -0.1) is 0 Å². The van der Waals surface area contributed by atoms with Crippen LogP contribution in [0, 0.1) is 18.3 Å². The number of benzene rings is 1. The molecule has 0 aliphatic rings. The zero-order chi connectivity index (χ0) is 13.0. The average Bonchev–Trinajstić information content (AvgIpc) is 2.82. The predicted octanol–water partition coefficient (Wildman–Crippen LogP) is 1.70. The summed E-state index contributed by atoms with van der Waals surface area (Å²) in [6, 6.07) is 9.20. The number of rotatable bonds is 3. The van der Waals surface area contributed by atoms with Gasteiger partial charge in [0.05, 0.1) is 11.3 Å². The maximum Gasteiger partial charge on any atom is 0.246 e. The number of aryl methyl sites for hydroxylation is 1. The molecule has 18 heavy (non-hydrogen) atoms. The fraction of sp³-hybridized carbons (Fsp3) is 0.154. The van der Waals surface area contributed by atoms with Gasteiger partial charge in [-0.05, 0) is 24.6 Å². The molecule has 0 spiro atoms. The van der Waals surface area contributed by atoms with Crippen LogP contribution in [0.15, 0.2) is 36.7 Å². The van der Waals surface area contributed by atoms with Gasteiger partial charge in [-0.3, -0.25) is 9.48 Å². The number of hydrogen-bond donors (Lipinski definition) is 1. The first-order valence-electron chi connectivity index (χ1n) is 5.47. The molecule has 1 aromatic carbocycles. The summed E-state index contributed by atoms with van der Waals surface area (Å²) in [5, 5.41) is 15.7. The molecule has 0 radical (unpaired) electrons. The van der Waals surface area contributed by atoms with Gasteiger partial charge in [0.2, 0.25) is 5.91 Å². The minimum atomic E-state index is -0.208. The van der Waals surface area contributed by atoms with Crippen molar-refractivity contribution in [3.05, 3.63) is 47.8 Å². The van der Waals surface area contributed by atoms with Crippen LogP contribution in [0.3, 0.4) is 0 Å². The van der Waals surface area contributed by atoms with Gasteiger partial charge in [-0.1, -0.05) is 12.1 Å². The minimum absolute atomic E-state index is 0.131. The first kappa shape index (κ1) is 11.9. The van der Waals surface area contributed by atoms with Crippen molar-refractivity contribution in [2.75, 3.05) is 5.32 Å². The van der Waals surface area contributed by atoms with Gasteiger partial charge < -0.3 is 5.32 Å². The molecule has 0 aliphatic heterocycles. The van der Waals surface area contributed by atoms with E-state index >= 15 is 0 Å². The number of carbonyl (C=O) groups excluding carboxylic acids is 1. The van der Waals surface area contributed by atoms with E-state index in [2.05, 4.69) is 16.5 Å². The molecule has 0 saturated heterocycles. The van der Waals surface area contributed by atoms with Crippen molar-refractivity contribution in [3.63, 3.8) is 0 Å². The monoisotopic (exact) mass is 240 g/mol. The quantitative estimate of drug-likeness (QED) is 0.887. The second kappa shape index (κ2) is 5.15. The second-order valence-electron chi connectivity index (χ2n) is 3.86. The van der Waals surface area contributed by atoms with Crippen molar-refractivity contribution in [1.82, 2.24) is 9.78 Å². The first-order valence-corrected chi connectivity index (χ1v) is 5.47. The molecular weight excluding hydrogens is 228 g/mol. The van der Waals surface area contributed by atoms with Crippen LogP contribution in [-0.4, -0.2) is 15.7 Å². The molecule has 2 rings (SSSR count). The summed E-state index contributed by atoms with van der Waals surface area (Å²) in [5.74, 6) is -0.208. The third-order valence-corrected chi connectivity index (χ3v) is 2.52. The summed E-state index contributed by atoms with van der Waals surface area (Å²) in [4.78, 5) is 11.8. The standard InChI is InChI=1S/C13H12N4O/c1-10-4-2-5-12(11(10)8-14)16-13(18)9-17-7-3-6-15-17/h2-7H,9H2,1H3,(H,16,18). The summed E-state index contributed by atoms with van der Waals surface area (Å²) in [7, 11) is 0. The summed E-state index contributed by atoms with van der Waals surface area (Å²) in [6.07, 6.45) is 3.32. The van der Waals surface area contributed by atoms with Gasteiger partial charge in [0.25, 0.3) is 0 Å². The van der Waals surface area contributed by atoms with Gasteiger partial charge in [-0.2, -0.15) is 10.4 Å². The molecule has 1 amide bonds. The van der Waals surface area contributed by atoms with Crippen molar-refractivity contribution in [3.8, 4) is 6.07 Å². The Kier molecular flexibility index (Phi) is 3.39. The molecule has 90 valence electrons. The van der Waals surface area contributed by atoms with E-state index in [0.29, 0.717) is 11.3 Å². The number of amides is 1. The van der Waals surface area contributed by atoms with Crippen LogP contribution in [0.5, 0.6) is 0 Å². The third-order valence-electron chi connectivity index (χ3n) is 2.52. The van der Waals surface area contributed by atoms with Crippen LogP contribution < -0.4 is 5.32 Å². The topological polar surface area (TPSA) is 70.7 Å². The fourth-order valence-electron chi connectivity index (χ4n) is 1.65. The van der Waals surface area contributed by atoms with Gasteiger partial charge in [0.1, 0.15) is 12.6 Å². The number of nitrogens with zero attached hydrogens (tertiary/aromatic N) is 3. The average molecular weight is 240 g/mol. The second-order valence-corrected chi connectivity index (χ2v) is 3.86. The highest BCUT2D eigenvalue weighted by Crippen LogP contribution is 2.18. The number of anilines is 1. The lowest BCUT2D eigenvalue weighted by atomic mass is 10.1. The van der Waals surface area contributed by atoms with Crippen molar-refractivity contribution < 1.29 is 4.79 Å². The first-order chi connectivity index (χ1) is 8.70. The molecule has 5 nitrogen and oxygen atoms in total. The smallest absolute Gasteiger partial charge is 0.246 e. The highest BCUT2D eigenvalue weighted by Gasteiger charge is 2.09. The maximum atomic E-state index is 11.8. The van der Waals surface area contributed by atoms with Crippen molar-refractivity contribution in [2.24, 2.45) is 0 Å². The highest BCUT2D eigenvalue weighted by atomic mass is 16.2. The number of hydrogen-bond acceptors (Lipinski definition) is 3. The van der Waals surface area contributed by atoms with Gasteiger partial charge in [0, 0.05) is 12.4 Å². The predicted molar refractivity (Wildman–Crippen MR) is 66.8 cm³/mol. The van der Waals surface area contributed by atoms with Crippen LogP contribution in [-0.2, 0) is 11.3 Å². The zero-order valence-corrected chi connectivity index (χ0v) is 9.92. The lowest BCUT2D eigenvalue weighted by molar-refractivity contribution is -0.116. The van der Waals surface area contributed by atoms with Crippen molar-refractivity contribution >= 4 is 11.6 Å². The molecule has 0 atom stereocenters. The van der Waals surface area contributed by atoms with Gasteiger partial charge in [0.15, 0.2) is 0 Å². The SMILES string of the molecule is Cc1cccc(NC(=O)Cn2cccn2)c1C#N. The molecule has 0 unspecified atom stereocenters. The molecular formula is C13H12N4O. The van der Waals surface area contributed by atoms with E-state index in [1.807, 2.05) is 13.0 Å². The molecule has 0 bridgehead atoms. The highest BCUT2D eigenvalue weighted by molar-refractivity contribution is 5.92. The fourth-order valence-corrected chi connectivity index (χ4v) is 1.65. The summed E-state index contributed by atoms with van der Waals surface area (Å²) < 4.78 is 1.52. The van der Waals surface area contributed by atoms with Crippen LogP contribution in [0.25, 0.3) is 0 Å². The molecule has 1 aromatic heterocycles. The molecule has 0 fully saturated rings. The van der Waals surface area contributed by atoms with Gasteiger partial charge in [-0.25, -0.2) is 0 Å². The third kappa shape index (κ3) is 2.55. The number of aromatic nitrogens is 2. The van der Waals surface area contributed by atoms with Crippen LogP contribution >= 0.6 is 0 Å². The molecule has 1 heterocycles. The molecule has 1 N–H and O–H groups in total. The Bertz CT molecular complexity index is 596. The van der Waals surface area contributed by atoms with Crippen LogP contribution in [0.1, 0.15) is 11.1 Å². The number of nitrogens with one attached hydrogen (secondary N) is 1. The lowest BCUT2D eigenvalue weighted by Crippen LogP contribution is -2.19. The van der Waals surface area contributed by atoms with Crippen LogP contribution in [0.4, 0.5) is 5.69 Å². The molecule has 0 saturated carbocycles. The maximum absolute atomic E-state index is 11.8. The van der Waals surface area contributed by atoms with E-state index in [9.17, 15) is 4.79 Å². The Balaban J connectivity index is 2.13. The van der Waals surface area contributed by atoms with Crippen molar-refractivity contribution in [1.29, 1.82) is 5.26 Å². The normalized spacial score (nSPS) is 9.78. The van der Waals surface area contributed by atoms with E-state index in [1.165, 1.54) is 4.68 Å². The Morgan fingerprint density at radius 3 is 3.00 bits per heavy atom. The Hall–Kier alpha value is -2.61. The van der Waals surface area contributed by atoms with Crippen molar-refractivity contribution in [2.45, 2.75) is 13.5 Å².